The molecule has 0 unspecified atom stereocenters. The van der Waals surface area contributed by atoms with Gasteiger partial charge in [0.2, 0.25) is 16.0 Å². The summed E-state index contributed by atoms with van der Waals surface area (Å²) < 4.78 is 33.4. The van der Waals surface area contributed by atoms with Gasteiger partial charge in [-0.3, -0.25) is 0 Å². The number of fused-ring (bicyclic) bond motifs is 2. The Morgan fingerprint density at radius 1 is 1.12 bits per heavy atom. The van der Waals surface area contributed by atoms with E-state index in [2.05, 4.69) is 44.2 Å². The number of nitrogens with zero attached hydrogens (tertiary/aromatic N) is 5. The number of rotatable bonds is 6. The van der Waals surface area contributed by atoms with Crippen molar-refractivity contribution in [1.82, 2.24) is 29.4 Å². The number of nitrogens with one attached hydrogen (secondary N) is 2. The summed E-state index contributed by atoms with van der Waals surface area (Å²) >= 11 is 0. The molecule has 3 aromatic rings. The third-order valence-corrected chi connectivity index (χ3v) is 7.49. The molecule has 2 aliphatic rings. The fourth-order valence-electron chi connectivity index (χ4n) is 5.02. The molecule has 1 saturated carbocycles. The summed E-state index contributed by atoms with van der Waals surface area (Å²) in [6.45, 7) is 1.94. The van der Waals surface area contributed by atoms with E-state index in [9.17, 15) is 8.42 Å². The summed E-state index contributed by atoms with van der Waals surface area (Å²) in [4.78, 5) is 11.6. The molecule has 0 bridgehead atoms. The number of hydrogen-bond donors (Lipinski definition) is 2. The van der Waals surface area contributed by atoms with Gasteiger partial charge >= 0.3 is 0 Å². The molecular formula is C23H31N7O3S. The number of ether oxygens (including phenoxy) is 1. The number of hydrogen-bond acceptors (Lipinski definition) is 8. The molecule has 0 spiro atoms. The Hall–Kier alpha value is -2.76. The summed E-state index contributed by atoms with van der Waals surface area (Å²) in [6.07, 6.45) is 9.00. The molecule has 1 aromatic carbocycles. The average molecular weight is 486 g/mol. The van der Waals surface area contributed by atoms with Gasteiger partial charge in [-0.05, 0) is 62.4 Å². The third-order valence-electron chi connectivity index (χ3n) is 6.73. The molecule has 0 atom stereocenters. The standard InChI is InChI=1S/C23H31N7O3S/c1-29-9-8-15-11-21(33-2)20(10-16(15)14-29)26-23-24-12-17-13-25-30(22(17)27-23)19-6-4-18(5-7-19)28-34(3,31)32/h10-13,18-19,28H,4-9,14H2,1-3H3,(H,24,26,27). The largest absolute Gasteiger partial charge is 0.495 e. The zero-order valence-corrected chi connectivity index (χ0v) is 20.6. The van der Waals surface area contributed by atoms with Gasteiger partial charge < -0.3 is 15.0 Å². The summed E-state index contributed by atoms with van der Waals surface area (Å²) in [7, 11) is 0.611. The molecule has 1 aliphatic carbocycles. The van der Waals surface area contributed by atoms with Crippen LogP contribution < -0.4 is 14.8 Å². The van der Waals surface area contributed by atoms with Gasteiger partial charge in [0.1, 0.15) is 5.75 Å². The van der Waals surface area contributed by atoms with Gasteiger partial charge in [0.15, 0.2) is 5.65 Å². The average Bonchev–Trinajstić information content (AvgIpc) is 3.21. The van der Waals surface area contributed by atoms with Crippen LogP contribution in [0.25, 0.3) is 11.0 Å². The van der Waals surface area contributed by atoms with Crippen molar-refractivity contribution in [3.63, 3.8) is 0 Å². The zero-order valence-electron chi connectivity index (χ0n) is 19.8. The summed E-state index contributed by atoms with van der Waals surface area (Å²) in [5.41, 5.74) is 4.21. The smallest absolute Gasteiger partial charge is 0.229 e. The lowest BCUT2D eigenvalue weighted by atomic mass is 9.92. The van der Waals surface area contributed by atoms with Crippen molar-refractivity contribution in [2.75, 3.05) is 32.3 Å². The van der Waals surface area contributed by atoms with Crippen molar-refractivity contribution < 1.29 is 13.2 Å². The van der Waals surface area contributed by atoms with Crippen molar-refractivity contribution >= 4 is 32.7 Å². The van der Waals surface area contributed by atoms with E-state index in [1.54, 1.807) is 19.5 Å². The Kier molecular flexibility index (Phi) is 6.17. The molecule has 34 heavy (non-hydrogen) atoms. The van der Waals surface area contributed by atoms with Crippen molar-refractivity contribution in [3.8, 4) is 5.75 Å². The Labute approximate surface area is 199 Å². The Balaban J connectivity index is 1.37. The van der Waals surface area contributed by atoms with Crippen LogP contribution in [0.3, 0.4) is 0 Å². The van der Waals surface area contributed by atoms with E-state index in [1.807, 2.05) is 4.68 Å². The highest BCUT2D eigenvalue weighted by atomic mass is 32.2. The minimum atomic E-state index is -3.19. The van der Waals surface area contributed by atoms with Crippen LogP contribution in [0.2, 0.25) is 0 Å². The first-order valence-corrected chi connectivity index (χ1v) is 13.5. The molecule has 182 valence electrons. The van der Waals surface area contributed by atoms with Crippen LogP contribution in [0.1, 0.15) is 42.9 Å². The predicted octanol–water partition coefficient (Wildman–Crippen LogP) is 2.60. The summed E-state index contributed by atoms with van der Waals surface area (Å²) in [5, 5.41) is 8.81. The van der Waals surface area contributed by atoms with Gasteiger partial charge in [0, 0.05) is 25.3 Å². The van der Waals surface area contributed by atoms with E-state index in [4.69, 9.17) is 9.72 Å². The minimum absolute atomic E-state index is 0.0181. The van der Waals surface area contributed by atoms with Gasteiger partial charge in [-0.25, -0.2) is 22.8 Å². The monoisotopic (exact) mass is 485 g/mol. The van der Waals surface area contributed by atoms with Crippen LogP contribution in [-0.4, -0.2) is 66.1 Å². The number of aromatic nitrogens is 4. The van der Waals surface area contributed by atoms with E-state index in [-0.39, 0.29) is 12.1 Å². The second-order valence-corrected chi connectivity index (χ2v) is 11.2. The quantitative estimate of drug-likeness (QED) is 0.548. The Bertz CT molecular complexity index is 1300. The molecule has 2 N–H and O–H groups in total. The number of sulfonamides is 1. The number of likely N-dealkylation sites (N-methyl/N-ethyl adjacent to an activating group) is 1. The zero-order chi connectivity index (χ0) is 23.9. The van der Waals surface area contributed by atoms with Crippen molar-refractivity contribution in [3.05, 3.63) is 35.7 Å². The molecule has 2 aromatic heterocycles. The van der Waals surface area contributed by atoms with Gasteiger partial charge in [-0.15, -0.1) is 0 Å². The molecule has 5 rings (SSSR count). The predicted molar refractivity (Wildman–Crippen MR) is 131 cm³/mol. The topological polar surface area (TPSA) is 114 Å². The van der Waals surface area contributed by atoms with E-state index >= 15 is 0 Å². The Morgan fingerprint density at radius 2 is 1.91 bits per heavy atom. The maximum Gasteiger partial charge on any atom is 0.229 e. The highest BCUT2D eigenvalue weighted by Gasteiger charge is 2.26. The lowest BCUT2D eigenvalue weighted by Crippen LogP contribution is -2.37. The van der Waals surface area contributed by atoms with Crippen LogP contribution in [-0.2, 0) is 23.0 Å². The second kappa shape index (κ2) is 9.12. The first-order chi connectivity index (χ1) is 16.3. The van der Waals surface area contributed by atoms with E-state index in [0.717, 1.165) is 67.7 Å². The van der Waals surface area contributed by atoms with E-state index < -0.39 is 10.0 Å². The molecule has 3 heterocycles. The molecular weight excluding hydrogens is 454 g/mol. The lowest BCUT2D eigenvalue weighted by molar-refractivity contribution is 0.299. The van der Waals surface area contributed by atoms with Crippen molar-refractivity contribution in [2.24, 2.45) is 0 Å². The highest BCUT2D eigenvalue weighted by Crippen LogP contribution is 2.34. The van der Waals surface area contributed by atoms with Crippen LogP contribution in [0.5, 0.6) is 5.75 Å². The second-order valence-electron chi connectivity index (χ2n) is 9.39. The maximum atomic E-state index is 11.5. The fraction of sp³-hybridized carbons (Fsp3) is 0.522. The first-order valence-electron chi connectivity index (χ1n) is 11.6. The normalized spacial score (nSPS) is 21.4. The molecule has 1 fully saturated rings. The number of anilines is 2. The molecule has 0 saturated heterocycles. The van der Waals surface area contributed by atoms with Crippen molar-refractivity contribution in [2.45, 2.75) is 50.7 Å². The third kappa shape index (κ3) is 4.86. The molecule has 0 radical (unpaired) electrons. The summed E-state index contributed by atoms with van der Waals surface area (Å²) in [5.74, 6) is 1.27. The highest BCUT2D eigenvalue weighted by molar-refractivity contribution is 7.88. The number of methoxy groups -OCH3 is 1. The van der Waals surface area contributed by atoms with Crippen LogP contribution in [0.4, 0.5) is 11.6 Å². The summed E-state index contributed by atoms with van der Waals surface area (Å²) in [6, 6.07) is 4.39. The van der Waals surface area contributed by atoms with Crippen molar-refractivity contribution in [1.29, 1.82) is 0 Å². The molecule has 10 nitrogen and oxygen atoms in total. The first kappa shape index (κ1) is 23.0. The maximum absolute atomic E-state index is 11.5. The van der Waals surface area contributed by atoms with Crippen LogP contribution in [0, 0.1) is 0 Å². The van der Waals surface area contributed by atoms with Gasteiger partial charge in [-0.2, -0.15) is 10.1 Å². The minimum Gasteiger partial charge on any atom is -0.495 e. The Morgan fingerprint density at radius 3 is 2.65 bits per heavy atom. The molecule has 0 amide bonds. The molecule has 1 aliphatic heterocycles. The van der Waals surface area contributed by atoms with E-state index in [0.29, 0.717) is 5.95 Å². The SMILES string of the molecule is COc1cc2c(cc1Nc1ncc3cnn(C4CCC(NS(C)(=O)=O)CC4)c3n1)CN(C)CC2. The van der Waals surface area contributed by atoms with E-state index in [1.165, 1.54) is 17.4 Å². The number of benzene rings is 1. The van der Waals surface area contributed by atoms with Gasteiger partial charge in [-0.1, -0.05) is 0 Å². The fourth-order valence-corrected chi connectivity index (χ4v) is 5.86. The lowest BCUT2D eigenvalue weighted by Gasteiger charge is -2.28. The van der Waals surface area contributed by atoms with Gasteiger partial charge in [0.05, 0.1) is 36.7 Å². The van der Waals surface area contributed by atoms with Crippen LogP contribution in [0.15, 0.2) is 24.5 Å². The van der Waals surface area contributed by atoms with Crippen LogP contribution >= 0.6 is 0 Å². The van der Waals surface area contributed by atoms with Gasteiger partial charge in [0.25, 0.3) is 0 Å². The molecule has 11 heteroatoms.